The Bertz CT molecular complexity index is 786. The van der Waals surface area contributed by atoms with E-state index in [0.717, 1.165) is 55.2 Å². The molecule has 4 fully saturated rings. The lowest BCUT2D eigenvalue weighted by molar-refractivity contribution is -0.118. The first-order valence-electron chi connectivity index (χ1n) is 13.9. The van der Waals surface area contributed by atoms with Crippen LogP contribution in [-0.4, -0.2) is 30.7 Å². The van der Waals surface area contributed by atoms with E-state index in [1.807, 2.05) is 24.4 Å². The molecule has 4 aliphatic rings. The molecular weight excluding hydrogens is 406 g/mol. The third-order valence-corrected chi connectivity index (χ3v) is 11.1. The van der Waals surface area contributed by atoms with Gasteiger partial charge in [0.15, 0.2) is 0 Å². The van der Waals surface area contributed by atoms with Crippen molar-refractivity contribution >= 4 is 0 Å². The molecule has 1 aromatic rings. The van der Waals surface area contributed by atoms with Gasteiger partial charge in [-0.1, -0.05) is 26.8 Å². The van der Waals surface area contributed by atoms with Crippen LogP contribution in [0.3, 0.4) is 0 Å². The Morgan fingerprint density at radius 1 is 1.06 bits per heavy atom. The minimum Gasteiger partial charge on any atom is -0.477 e. The van der Waals surface area contributed by atoms with E-state index in [-0.39, 0.29) is 0 Å². The van der Waals surface area contributed by atoms with Gasteiger partial charge in [-0.3, -0.25) is 0 Å². The molecule has 9 atom stereocenters. The summed E-state index contributed by atoms with van der Waals surface area (Å²) in [5.74, 6) is 5.88. The van der Waals surface area contributed by atoms with Gasteiger partial charge in [0, 0.05) is 31.4 Å². The lowest BCUT2D eigenvalue weighted by atomic mass is 9.44. The fraction of sp³-hybridized carbons (Fsp3) is 0.828. The first-order valence-corrected chi connectivity index (χ1v) is 13.9. The largest absolute Gasteiger partial charge is 0.477 e. The molecule has 4 heteroatoms. The monoisotopic (exact) mass is 453 g/mol. The molecule has 0 aliphatic heterocycles. The first-order chi connectivity index (χ1) is 16.0. The van der Waals surface area contributed by atoms with Crippen molar-refractivity contribution in [1.29, 1.82) is 0 Å². The number of nitrogens with zero attached hydrogens (tertiary/aromatic N) is 1. The number of pyridine rings is 1. The zero-order valence-electron chi connectivity index (χ0n) is 21.3. The van der Waals surface area contributed by atoms with Crippen LogP contribution in [0, 0.1) is 46.3 Å². The molecule has 1 heterocycles. The van der Waals surface area contributed by atoms with Crippen molar-refractivity contribution in [3.05, 3.63) is 24.4 Å². The Labute approximate surface area is 201 Å². The lowest BCUT2D eigenvalue weighted by Gasteiger charge is -2.61. The molecule has 3 N–H and O–H groups in total. The van der Waals surface area contributed by atoms with E-state index in [4.69, 9.17) is 10.5 Å². The van der Waals surface area contributed by atoms with Crippen LogP contribution in [0.4, 0.5) is 0 Å². The highest BCUT2D eigenvalue weighted by Crippen LogP contribution is 2.68. The number of aromatic nitrogens is 1. The van der Waals surface area contributed by atoms with Gasteiger partial charge in [0.1, 0.15) is 0 Å². The van der Waals surface area contributed by atoms with Crippen LogP contribution < -0.4 is 15.8 Å². The van der Waals surface area contributed by atoms with Gasteiger partial charge in [-0.15, -0.1) is 0 Å². The number of fused-ring (bicyclic) bond motifs is 5. The average Bonchev–Trinajstić information content (AvgIpc) is 3.19. The maximum atomic E-state index is 6.11. The fourth-order valence-electron chi connectivity index (χ4n) is 9.47. The van der Waals surface area contributed by atoms with Gasteiger partial charge in [-0.2, -0.15) is 0 Å². The highest BCUT2D eigenvalue weighted by molar-refractivity contribution is 5.11. The second-order valence-electron chi connectivity index (χ2n) is 12.6. The van der Waals surface area contributed by atoms with Crippen LogP contribution in [0.15, 0.2) is 24.4 Å². The molecular formula is C29H47N3O. The Morgan fingerprint density at radius 3 is 2.67 bits per heavy atom. The van der Waals surface area contributed by atoms with Crippen LogP contribution in [0.2, 0.25) is 0 Å². The second-order valence-corrected chi connectivity index (χ2v) is 12.6. The third-order valence-electron chi connectivity index (χ3n) is 11.1. The number of nitrogens with two attached hydrogens (primary N) is 1. The van der Waals surface area contributed by atoms with Gasteiger partial charge in [-0.05, 0) is 110 Å². The number of nitrogens with one attached hydrogen (secondary N) is 1. The Kier molecular flexibility index (Phi) is 6.79. The Hall–Kier alpha value is -1.13. The van der Waals surface area contributed by atoms with Crippen LogP contribution in [-0.2, 0) is 0 Å². The molecule has 0 radical (unpaired) electrons. The van der Waals surface area contributed by atoms with Crippen molar-refractivity contribution < 1.29 is 4.74 Å². The standard InChI is InChI=1S/C29H47N3O/c1-20(19-33-27-6-4-5-16-32-27)24-9-10-25-23-8-7-21-18-22(31-17-15-30)11-13-28(21,2)26(23)12-14-29(24,25)3/h4-6,16,20-26,31H,7-15,17-19,30H2,1-3H3/t20-,21+,22+,23?,24-,25?,26?,28+,29-/m1/s1. The highest BCUT2D eigenvalue weighted by Gasteiger charge is 2.60. The summed E-state index contributed by atoms with van der Waals surface area (Å²) in [6, 6.07) is 6.65. The van der Waals surface area contributed by atoms with Crippen molar-refractivity contribution in [2.24, 2.45) is 52.1 Å². The maximum absolute atomic E-state index is 6.11. The zero-order valence-corrected chi connectivity index (χ0v) is 21.3. The normalized spacial score (nSPS) is 43.3. The zero-order chi connectivity index (χ0) is 23.1. The van der Waals surface area contributed by atoms with Gasteiger partial charge < -0.3 is 15.8 Å². The third kappa shape index (κ3) is 4.24. The molecule has 184 valence electrons. The van der Waals surface area contributed by atoms with Gasteiger partial charge in [0.05, 0.1) is 6.61 Å². The molecule has 0 amide bonds. The lowest BCUT2D eigenvalue weighted by Crippen LogP contribution is -2.55. The van der Waals surface area contributed by atoms with Gasteiger partial charge >= 0.3 is 0 Å². The minimum absolute atomic E-state index is 0.497. The smallest absolute Gasteiger partial charge is 0.213 e. The summed E-state index contributed by atoms with van der Waals surface area (Å²) < 4.78 is 6.11. The summed E-state index contributed by atoms with van der Waals surface area (Å²) in [5, 5.41) is 3.74. The number of ether oxygens (including phenoxy) is 1. The summed E-state index contributed by atoms with van der Waals surface area (Å²) in [6.45, 7) is 10.3. The van der Waals surface area contributed by atoms with E-state index in [9.17, 15) is 0 Å². The fourth-order valence-corrected chi connectivity index (χ4v) is 9.47. The van der Waals surface area contributed by atoms with Crippen molar-refractivity contribution in [1.82, 2.24) is 10.3 Å². The van der Waals surface area contributed by atoms with Crippen molar-refractivity contribution in [2.75, 3.05) is 19.7 Å². The quantitative estimate of drug-likeness (QED) is 0.558. The number of rotatable bonds is 7. The van der Waals surface area contributed by atoms with Crippen molar-refractivity contribution in [3.63, 3.8) is 0 Å². The van der Waals surface area contributed by atoms with Gasteiger partial charge in [-0.25, -0.2) is 4.98 Å². The van der Waals surface area contributed by atoms with Crippen molar-refractivity contribution in [3.8, 4) is 5.88 Å². The predicted octanol–water partition coefficient (Wildman–Crippen LogP) is 5.67. The number of hydrogen-bond donors (Lipinski definition) is 2. The van der Waals surface area contributed by atoms with Crippen LogP contribution in [0.1, 0.15) is 78.6 Å². The van der Waals surface area contributed by atoms with Crippen LogP contribution >= 0.6 is 0 Å². The Balaban J connectivity index is 1.25. The van der Waals surface area contributed by atoms with Crippen LogP contribution in [0.5, 0.6) is 5.88 Å². The first kappa shape index (κ1) is 23.6. The molecule has 4 aliphatic carbocycles. The molecule has 0 spiro atoms. The summed E-state index contributed by atoms with van der Waals surface area (Å²) in [6.07, 6.45) is 14.6. The van der Waals surface area contributed by atoms with E-state index in [0.29, 0.717) is 22.8 Å². The topological polar surface area (TPSA) is 60.2 Å². The maximum Gasteiger partial charge on any atom is 0.213 e. The molecule has 0 bridgehead atoms. The van der Waals surface area contributed by atoms with E-state index in [1.54, 1.807) is 0 Å². The molecule has 1 aromatic heterocycles. The highest BCUT2D eigenvalue weighted by atomic mass is 16.5. The molecule has 5 rings (SSSR count). The second kappa shape index (κ2) is 9.49. The van der Waals surface area contributed by atoms with E-state index in [1.165, 1.54) is 57.8 Å². The van der Waals surface area contributed by atoms with Crippen LogP contribution in [0.25, 0.3) is 0 Å². The predicted molar refractivity (Wildman–Crippen MR) is 135 cm³/mol. The molecule has 4 nitrogen and oxygen atoms in total. The molecule has 3 unspecified atom stereocenters. The van der Waals surface area contributed by atoms with Crippen molar-refractivity contribution in [2.45, 2.75) is 84.6 Å². The summed E-state index contributed by atoms with van der Waals surface area (Å²) in [7, 11) is 0. The van der Waals surface area contributed by atoms with E-state index < -0.39 is 0 Å². The molecule has 0 aromatic carbocycles. The molecule has 0 saturated heterocycles. The van der Waals surface area contributed by atoms with E-state index >= 15 is 0 Å². The average molecular weight is 454 g/mol. The Morgan fingerprint density at radius 2 is 1.88 bits per heavy atom. The summed E-state index contributed by atoms with van der Waals surface area (Å²) >= 11 is 0. The minimum atomic E-state index is 0.497. The summed E-state index contributed by atoms with van der Waals surface area (Å²) in [5.41, 5.74) is 6.82. The van der Waals surface area contributed by atoms with Gasteiger partial charge in [0.25, 0.3) is 0 Å². The summed E-state index contributed by atoms with van der Waals surface area (Å²) in [4.78, 5) is 4.36. The molecule has 4 saturated carbocycles. The van der Waals surface area contributed by atoms with Gasteiger partial charge in [0.2, 0.25) is 5.88 Å². The number of hydrogen-bond acceptors (Lipinski definition) is 4. The molecule has 33 heavy (non-hydrogen) atoms. The van der Waals surface area contributed by atoms with E-state index in [2.05, 4.69) is 31.1 Å². The SMILES string of the molecule is C[C@H](COc1ccccn1)[C@H]1CCC2C3CC[C@H]4C[C@@H](NCCN)CC[C@]4(C)C3CC[C@@]21C.